The first-order valence-electron chi connectivity index (χ1n) is 8.69. The van der Waals surface area contributed by atoms with Crippen LogP contribution in [0.5, 0.6) is 0 Å². The molecule has 0 radical (unpaired) electrons. The molecule has 2 saturated carbocycles. The summed E-state index contributed by atoms with van der Waals surface area (Å²) >= 11 is 0. The fraction of sp³-hybridized carbons (Fsp3) is 0.579. The smallest absolute Gasteiger partial charge is 0.317 e. The van der Waals surface area contributed by atoms with E-state index in [1.807, 2.05) is 6.07 Å². The lowest BCUT2D eigenvalue weighted by Gasteiger charge is -2.50. The van der Waals surface area contributed by atoms with Gasteiger partial charge in [0, 0.05) is 18.4 Å². The third-order valence-electron chi connectivity index (χ3n) is 6.85. The third kappa shape index (κ3) is 1.55. The summed E-state index contributed by atoms with van der Waals surface area (Å²) in [5.74, 6) is -0.385. The van der Waals surface area contributed by atoms with Gasteiger partial charge in [-0.05, 0) is 37.7 Å². The van der Waals surface area contributed by atoms with E-state index >= 15 is 0 Å². The highest BCUT2D eigenvalue weighted by atomic mass is 16.6. The summed E-state index contributed by atoms with van der Waals surface area (Å²) < 4.78 is 16.5. The van der Waals surface area contributed by atoms with Crippen LogP contribution in [0.2, 0.25) is 0 Å². The van der Waals surface area contributed by atoms with E-state index in [0.717, 1.165) is 36.8 Å². The molecule has 5 nitrogen and oxygen atoms in total. The Kier molecular flexibility index (Phi) is 2.70. The normalized spacial score (nSPS) is 43.7. The monoisotopic (exact) mass is 328 g/mol. The van der Waals surface area contributed by atoms with Gasteiger partial charge in [0.25, 0.3) is 0 Å². The van der Waals surface area contributed by atoms with Crippen molar-refractivity contribution in [1.29, 1.82) is 0 Å². The number of hydrogen-bond acceptors (Lipinski definition) is 5. The first-order chi connectivity index (χ1) is 11.6. The van der Waals surface area contributed by atoms with Crippen LogP contribution in [0.15, 0.2) is 35.2 Å². The van der Waals surface area contributed by atoms with Crippen LogP contribution in [0.3, 0.4) is 0 Å². The Labute approximate surface area is 140 Å². The van der Waals surface area contributed by atoms with Crippen LogP contribution in [0.4, 0.5) is 0 Å². The molecule has 2 aliphatic heterocycles. The molecule has 1 aromatic rings. The van der Waals surface area contributed by atoms with E-state index in [1.165, 1.54) is 0 Å². The van der Waals surface area contributed by atoms with Crippen molar-refractivity contribution in [3.63, 3.8) is 0 Å². The van der Waals surface area contributed by atoms with Crippen molar-refractivity contribution < 1.29 is 23.5 Å². The van der Waals surface area contributed by atoms with Crippen LogP contribution in [0, 0.1) is 16.7 Å². The fourth-order valence-corrected chi connectivity index (χ4v) is 5.68. The summed E-state index contributed by atoms with van der Waals surface area (Å²) in [6.45, 7) is 4.23. The zero-order chi connectivity index (χ0) is 16.5. The van der Waals surface area contributed by atoms with Crippen molar-refractivity contribution in [3.05, 3.63) is 36.3 Å². The van der Waals surface area contributed by atoms with Crippen molar-refractivity contribution in [3.8, 4) is 0 Å². The lowest BCUT2D eigenvalue weighted by Crippen LogP contribution is -2.53. The van der Waals surface area contributed by atoms with Crippen LogP contribution < -0.4 is 0 Å². The number of hydrogen-bond donors (Lipinski definition) is 0. The molecular weight excluding hydrogens is 308 g/mol. The zero-order valence-electron chi connectivity index (χ0n) is 13.5. The SMILES string of the molecule is C=C1CC[C@@]23C[C@@H](CC[C@@H]2[C@@]12C[C@@H](c1ccoc1)OC2=O)OC3=O. The number of rotatable bonds is 1. The van der Waals surface area contributed by atoms with E-state index in [9.17, 15) is 9.59 Å². The van der Waals surface area contributed by atoms with Crippen molar-refractivity contribution in [1.82, 2.24) is 0 Å². The quantitative estimate of drug-likeness (QED) is 0.584. The van der Waals surface area contributed by atoms with Gasteiger partial charge < -0.3 is 13.9 Å². The average Bonchev–Trinajstić information content (AvgIpc) is 3.25. The predicted molar refractivity (Wildman–Crippen MR) is 82.6 cm³/mol. The second-order valence-electron chi connectivity index (χ2n) is 7.75. The largest absolute Gasteiger partial charge is 0.472 e. The van der Waals surface area contributed by atoms with Crippen LogP contribution in [-0.2, 0) is 19.1 Å². The Balaban J connectivity index is 1.59. The minimum absolute atomic E-state index is 0.0271. The van der Waals surface area contributed by atoms with Crippen molar-refractivity contribution in [2.75, 3.05) is 0 Å². The molecule has 4 fully saturated rings. The molecule has 0 aromatic carbocycles. The van der Waals surface area contributed by atoms with Gasteiger partial charge in [0.1, 0.15) is 12.2 Å². The van der Waals surface area contributed by atoms with E-state index in [-0.39, 0.29) is 30.1 Å². The minimum atomic E-state index is -0.755. The van der Waals surface area contributed by atoms with Gasteiger partial charge in [-0.15, -0.1) is 0 Å². The van der Waals surface area contributed by atoms with Crippen LogP contribution in [0.1, 0.15) is 50.2 Å². The number of furan rings is 1. The topological polar surface area (TPSA) is 65.7 Å². The number of cyclic esters (lactones) is 1. The van der Waals surface area contributed by atoms with Crippen molar-refractivity contribution >= 4 is 11.9 Å². The molecule has 24 heavy (non-hydrogen) atoms. The highest BCUT2D eigenvalue weighted by molar-refractivity contribution is 5.88. The van der Waals surface area contributed by atoms with E-state index < -0.39 is 10.8 Å². The first kappa shape index (κ1) is 14.3. The number of esters is 2. The Morgan fingerprint density at radius 3 is 2.79 bits per heavy atom. The first-order valence-corrected chi connectivity index (χ1v) is 8.69. The zero-order valence-corrected chi connectivity index (χ0v) is 13.5. The molecule has 5 atom stereocenters. The predicted octanol–water partition coefficient (Wildman–Crippen LogP) is 3.32. The lowest BCUT2D eigenvalue weighted by atomic mass is 9.48. The molecule has 5 rings (SSSR count). The summed E-state index contributed by atoms with van der Waals surface area (Å²) in [4.78, 5) is 25.7. The summed E-state index contributed by atoms with van der Waals surface area (Å²) in [7, 11) is 0. The molecule has 2 bridgehead atoms. The molecule has 2 spiro atoms. The molecule has 0 amide bonds. The summed E-state index contributed by atoms with van der Waals surface area (Å²) in [5, 5.41) is 0. The average molecular weight is 328 g/mol. The second-order valence-corrected chi connectivity index (χ2v) is 7.75. The number of fused-ring (bicyclic) bond motifs is 2. The fourth-order valence-electron chi connectivity index (χ4n) is 5.68. The standard InChI is InChI=1S/C19H20O5/c1-11-4-6-18-8-13(23-16(18)20)2-3-15(18)19(11)9-14(24-17(19)21)12-5-7-22-10-12/h5,7,10,13-15H,1-4,6,8-9H2/t13-,14+,15+,18-,19-/m1/s1. The molecular formula is C19H20O5. The molecule has 0 N–H and O–H groups in total. The Bertz CT molecular complexity index is 735. The molecule has 0 unspecified atom stereocenters. The van der Waals surface area contributed by atoms with Gasteiger partial charge in [0.15, 0.2) is 0 Å². The van der Waals surface area contributed by atoms with Gasteiger partial charge in [-0.3, -0.25) is 9.59 Å². The van der Waals surface area contributed by atoms with Crippen LogP contribution in [0.25, 0.3) is 0 Å². The van der Waals surface area contributed by atoms with Gasteiger partial charge in [-0.2, -0.15) is 0 Å². The van der Waals surface area contributed by atoms with Gasteiger partial charge in [-0.25, -0.2) is 0 Å². The Morgan fingerprint density at radius 1 is 1.12 bits per heavy atom. The molecule has 4 aliphatic rings. The summed E-state index contributed by atoms with van der Waals surface area (Å²) in [6, 6.07) is 1.83. The highest BCUT2D eigenvalue weighted by Crippen LogP contribution is 2.67. The minimum Gasteiger partial charge on any atom is -0.472 e. The molecule has 2 aliphatic carbocycles. The summed E-state index contributed by atoms with van der Waals surface area (Å²) in [5.41, 5.74) is 0.519. The second kappa shape index (κ2) is 4.52. The van der Waals surface area contributed by atoms with E-state index in [4.69, 9.17) is 13.9 Å². The van der Waals surface area contributed by atoms with Gasteiger partial charge in [0.2, 0.25) is 0 Å². The Morgan fingerprint density at radius 2 is 2.00 bits per heavy atom. The maximum Gasteiger partial charge on any atom is 0.317 e. The van der Waals surface area contributed by atoms with Crippen LogP contribution in [-0.4, -0.2) is 18.0 Å². The summed E-state index contributed by atoms with van der Waals surface area (Å²) in [6.07, 6.45) is 7.30. The molecule has 5 heteroatoms. The van der Waals surface area contributed by atoms with Gasteiger partial charge in [0.05, 0.1) is 23.4 Å². The van der Waals surface area contributed by atoms with Crippen molar-refractivity contribution in [2.45, 2.75) is 50.7 Å². The molecule has 2 saturated heterocycles. The third-order valence-corrected chi connectivity index (χ3v) is 6.85. The molecule has 3 heterocycles. The number of carbonyl (C=O) groups is 2. The molecule has 126 valence electrons. The van der Waals surface area contributed by atoms with Gasteiger partial charge in [-0.1, -0.05) is 12.2 Å². The van der Waals surface area contributed by atoms with E-state index in [1.54, 1.807) is 12.5 Å². The van der Waals surface area contributed by atoms with Gasteiger partial charge >= 0.3 is 11.9 Å². The number of carbonyl (C=O) groups excluding carboxylic acids is 2. The van der Waals surface area contributed by atoms with E-state index in [2.05, 4.69) is 6.58 Å². The van der Waals surface area contributed by atoms with Crippen LogP contribution >= 0.6 is 0 Å². The maximum atomic E-state index is 13.0. The maximum absolute atomic E-state index is 13.0. The van der Waals surface area contributed by atoms with E-state index in [0.29, 0.717) is 12.8 Å². The Hall–Kier alpha value is -2.04. The molecule has 1 aromatic heterocycles. The lowest BCUT2D eigenvalue weighted by molar-refractivity contribution is -0.159. The van der Waals surface area contributed by atoms with Crippen molar-refractivity contribution in [2.24, 2.45) is 16.7 Å². The number of ether oxygens (including phenoxy) is 2. The highest BCUT2D eigenvalue weighted by Gasteiger charge is 2.69.